The molecule has 2 aromatic carbocycles. The number of halogens is 1. The molecular weight excluding hydrogens is 374 g/mol. The molecule has 2 amide bonds. The Kier molecular flexibility index (Phi) is 7.61. The number of amides is 2. The predicted molar refractivity (Wildman–Crippen MR) is 115 cm³/mol. The topological polar surface area (TPSA) is 75.4 Å². The Labute approximate surface area is 172 Å². The molecule has 1 aliphatic heterocycles. The minimum atomic E-state index is -0.735. The fourth-order valence-corrected chi connectivity index (χ4v) is 3.52. The summed E-state index contributed by atoms with van der Waals surface area (Å²) >= 11 is 0. The van der Waals surface area contributed by atoms with Crippen LogP contribution in [0, 0.1) is 6.92 Å². The lowest BCUT2D eigenvalue weighted by molar-refractivity contribution is -0.117. The van der Waals surface area contributed by atoms with E-state index in [1.165, 1.54) is 6.42 Å². The Hall–Kier alpha value is -2.37. The van der Waals surface area contributed by atoms with Gasteiger partial charge >= 0.3 is 0 Å². The summed E-state index contributed by atoms with van der Waals surface area (Å²) in [5.41, 5.74) is 9.00. The maximum absolute atomic E-state index is 12.8. The van der Waals surface area contributed by atoms with E-state index in [2.05, 4.69) is 12.2 Å². The van der Waals surface area contributed by atoms with Crippen molar-refractivity contribution < 1.29 is 9.59 Å². The van der Waals surface area contributed by atoms with Crippen LogP contribution in [0.4, 0.5) is 5.69 Å². The molecule has 1 heterocycles. The summed E-state index contributed by atoms with van der Waals surface area (Å²) in [4.78, 5) is 27.2. The molecule has 2 unspecified atom stereocenters. The van der Waals surface area contributed by atoms with Crippen LogP contribution in [0.1, 0.15) is 53.7 Å². The fraction of sp³-hybridized carbons (Fsp3) is 0.364. The van der Waals surface area contributed by atoms with Gasteiger partial charge in [-0.1, -0.05) is 30.3 Å². The summed E-state index contributed by atoms with van der Waals surface area (Å²) in [6.45, 7) is 4.80. The largest absolute Gasteiger partial charge is 0.336 e. The summed E-state index contributed by atoms with van der Waals surface area (Å²) in [6.07, 6.45) is 3.29. The van der Waals surface area contributed by atoms with Gasteiger partial charge in [0.15, 0.2) is 0 Å². The molecule has 1 aliphatic rings. The van der Waals surface area contributed by atoms with Gasteiger partial charge in [0.05, 0.1) is 0 Å². The van der Waals surface area contributed by atoms with E-state index in [0.717, 1.165) is 30.5 Å². The highest BCUT2D eigenvalue weighted by atomic mass is 35.5. The lowest BCUT2D eigenvalue weighted by atomic mass is 10.0. The lowest BCUT2D eigenvalue weighted by Crippen LogP contribution is -2.42. The molecule has 28 heavy (non-hydrogen) atoms. The molecule has 1 fully saturated rings. The van der Waals surface area contributed by atoms with Gasteiger partial charge in [0.2, 0.25) is 5.91 Å². The lowest BCUT2D eigenvalue weighted by Gasteiger charge is -2.33. The zero-order chi connectivity index (χ0) is 19.4. The molecule has 150 valence electrons. The molecule has 0 spiro atoms. The minimum absolute atomic E-state index is 0. The molecule has 0 saturated carbocycles. The summed E-state index contributed by atoms with van der Waals surface area (Å²) in [7, 11) is 0. The van der Waals surface area contributed by atoms with Gasteiger partial charge in [0.25, 0.3) is 5.91 Å². The van der Waals surface area contributed by atoms with E-state index in [-0.39, 0.29) is 30.3 Å². The zero-order valence-electron chi connectivity index (χ0n) is 16.4. The summed E-state index contributed by atoms with van der Waals surface area (Å²) < 4.78 is 0. The molecule has 6 heteroatoms. The number of nitrogens with two attached hydrogens (primary N) is 1. The van der Waals surface area contributed by atoms with E-state index in [1.807, 2.05) is 48.2 Å². The third-order valence-corrected chi connectivity index (χ3v) is 5.24. The highest BCUT2D eigenvalue weighted by molar-refractivity contribution is 5.98. The van der Waals surface area contributed by atoms with Gasteiger partial charge in [0, 0.05) is 23.8 Å². The van der Waals surface area contributed by atoms with Crippen LogP contribution < -0.4 is 11.1 Å². The second-order valence-electron chi connectivity index (χ2n) is 7.25. The van der Waals surface area contributed by atoms with Gasteiger partial charge < -0.3 is 16.0 Å². The van der Waals surface area contributed by atoms with Crippen LogP contribution in [-0.2, 0) is 4.79 Å². The van der Waals surface area contributed by atoms with Crippen molar-refractivity contribution in [2.75, 3.05) is 11.9 Å². The highest BCUT2D eigenvalue weighted by Gasteiger charge is 2.24. The van der Waals surface area contributed by atoms with E-state index in [0.29, 0.717) is 11.3 Å². The van der Waals surface area contributed by atoms with E-state index in [1.54, 1.807) is 12.1 Å². The summed E-state index contributed by atoms with van der Waals surface area (Å²) in [5.74, 6) is -0.211. The first-order chi connectivity index (χ1) is 13.0. The van der Waals surface area contributed by atoms with E-state index >= 15 is 0 Å². The number of hydrogen-bond donors (Lipinski definition) is 2. The SMILES string of the molecule is Cc1cc(C(=O)N2CCCCC2C)ccc1NC(=O)C(N)c1ccccc1.Cl. The van der Waals surface area contributed by atoms with Gasteiger partial charge in [-0.15, -0.1) is 12.4 Å². The average Bonchev–Trinajstić information content (AvgIpc) is 2.69. The monoisotopic (exact) mass is 401 g/mol. The number of nitrogens with zero attached hydrogens (tertiary/aromatic N) is 1. The first-order valence-electron chi connectivity index (χ1n) is 9.50. The Morgan fingerprint density at radius 2 is 1.86 bits per heavy atom. The highest BCUT2D eigenvalue weighted by Crippen LogP contribution is 2.23. The summed E-state index contributed by atoms with van der Waals surface area (Å²) in [5, 5.41) is 2.87. The molecule has 0 aliphatic carbocycles. The Morgan fingerprint density at radius 1 is 1.14 bits per heavy atom. The maximum atomic E-state index is 12.8. The number of benzene rings is 2. The molecule has 3 rings (SSSR count). The number of anilines is 1. The number of carbonyl (C=O) groups excluding carboxylic acids is 2. The zero-order valence-corrected chi connectivity index (χ0v) is 17.2. The number of nitrogens with one attached hydrogen (secondary N) is 1. The molecule has 0 aromatic heterocycles. The van der Waals surface area contributed by atoms with E-state index in [9.17, 15) is 9.59 Å². The van der Waals surface area contributed by atoms with Crippen molar-refractivity contribution in [1.29, 1.82) is 0 Å². The van der Waals surface area contributed by atoms with Gasteiger partial charge in [0.1, 0.15) is 6.04 Å². The van der Waals surface area contributed by atoms with Gasteiger partial charge in [-0.25, -0.2) is 0 Å². The van der Waals surface area contributed by atoms with Crippen LogP contribution in [0.3, 0.4) is 0 Å². The molecule has 3 N–H and O–H groups in total. The minimum Gasteiger partial charge on any atom is -0.336 e. The average molecular weight is 402 g/mol. The second-order valence-corrected chi connectivity index (χ2v) is 7.25. The van der Waals surface area contributed by atoms with Crippen LogP contribution in [0.25, 0.3) is 0 Å². The quantitative estimate of drug-likeness (QED) is 0.810. The number of carbonyl (C=O) groups is 2. The normalized spacial score (nSPS) is 17.4. The number of rotatable bonds is 4. The molecule has 1 saturated heterocycles. The van der Waals surface area contributed by atoms with Crippen molar-refractivity contribution in [2.24, 2.45) is 5.73 Å². The van der Waals surface area contributed by atoms with Crippen molar-refractivity contribution >= 4 is 29.9 Å². The molecule has 5 nitrogen and oxygen atoms in total. The Morgan fingerprint density at radius 3 is 2.50 bits per heavy atom. The van der Waals surface area contributed by atoms with Crippen LogP contribution in [0.15, 0.2) is 48.5 Å². The van der Waals surface area contributed by atoms with Crippen molar-refractivity contribution in [3.8, 4) is 0 Å². The van der Waals surface area contributed by atoms with Crippen LogP contribution >= 0.6 is 12.4 Å². The summed E-state index contributed by atoms with van der Waals surface area (Å²) in [6, 6.07) is 14.2. The third kappa shape index (κ3) is 4.91. The number of hydrogen-bond acceptors (Lipinski definition) is 3. The number of aryl methyl sites for hydroxylation is 1. The number of likely N-dealkylation sites (tertiary alicyclic amines) is 1. The van der Waals surface area contributed by atoms with E-state index in [4.69, 9.17) is 5.73 Å². The molecular formula is C22H28ClN3O2. The van der Waals surface area contributed by atoms with E-state index < -0.39 is 6.04 Å². The second kappa shape index (κ2) is 9.71. The fourth-order valence-electron chi connectivity index (χ4n) is 3.52. The van der Waals surface area contributed by atoms with Crippen LogP contribution in [0.2, 0.25) is 0 Å². The number of piperidine rings is 1. The molecule has 0 bridgehead atoms. The molecule has 2 aromatic rings. The van der Waals surface area contributed by atoms with Crippen molar-refractivity contribution in [2.45, 2.75) is 45.2 Å². The standard InChI is InChI=1S/C22H27N3O2.ClH/c1-15-14-18(22(27)25-13-7-6-8-16(25)2)11-12-19(15)24-21(26)20(23)17-9-4-3-5-10-17;/h3-5,9-12,14,16,20H,6-8,13,23H2,1-2H3,(H,24,26);1H. The first kappa shape index (κ1) is 21.9. The third-order valence-electron chi connectivity index (χ3n) is 5.24. The smallest absolute Gasteiger partial charge is 0.254 e. The van der Waals surface area contributed by atoms with Crippen molar-refractivity contribution in [3.63, 3.8) is 0 Å². The van der Waals surface area contributed by atoms with Gasteiger partial charge in [-0.3, -0.25) is 9.59 Å². The van der Waals surface area contributed by atoms with Gasteiger partial charge in [-0.2, -0.15) is 0 Å². The Bertz CT molecular complexity index is 826. The van der Waals surface area contributed by atoms with Crippen LogP contribution in [-0.4, -0.2) is 29.3 Å². The van der Waals surface area contributed by atoms with Crippen molar-refractivity contribution in [1.82, 2.24) is 4.90 Å². The maximum Gasteiger partial charge on any atom is 0.254 e. The van der Waals surface area contributed by atoms with Gasteiger partial charge in [-0.05, 0) is 62.4 Å². The van der Waals surface area contributed by atoms with Crippen molar-refractivity contribution in [3.05, 3.63) is 65.2 Å². The molecule has 2 atom stereocenters. The van der Waals surface area contributed by atoms with Crippen LogP contribution in [0.5, 0.6) is 0 Å². The predicted octanol–water partition coefficient (Wildman–Crippen LogP) is 4.07. The molecule has 0 radical (unpaired) electrons. The Balaban J connectivity index is 0.00000280. The first-order valence-corrected chi connectivity index (χ1v) is 9.50.